The van der Waals surface area contributed by atoms with Crippen molar-refractivity contribution in [2.24, 2.45) is 0 Å². The van der Waals surface area contributed by atoms with Gasteiger partial charge in [0, 0.05) is 24.5 Å². The summed E-state index contributed by atoms with van der Waals surface area (Å²) in [5, 5.41) is 15.5. The van der Waals surface area contributed by atoms with Gasteiger partial charge < -0.3 is 34.3 Å². The SMILES string of the molecule is COc1ccc(C(=O)NC(Cc2ccccc2)C(O)CN(CCc2ccc3c(c2)OCO3)C(=O)CCc2ccc(Cl)c(C)c2)c(Cl)c1OC. The van der Waals surface area contributed by atoms with E-state index in [0.717, 1.165) is 22.3 Å². The number of rotatable bonds is 15. The smallest absolute Gasteiger partial charge is 0.253 e. The van der Waals surface area contributed by atoms with Crippen LogP contribution in [0, 0.1) is 6.92 Å². The Morgan fingerprint density at radius 2 is 1.63 bits per heavy atom. The molecule has 5 rings (SSSR count). The lowest BCUT2D eigenvalue weighted by Crippen LogP contribution is -2.51. The third-order valence-electron chi connectivity index (χ3n) is 8.53. The summed E-state index contributed by atoms with van der Waals surface area (Å²) in [4.78, 5) is 29.1. The van der Waals surface area contributed by atoms with Gasteiger partial charge in [-0.3, -0.25) is 9.59 Å². The van der Waals surface area contributed by atoms with Crippen LogP contribution in [0.1, 0.15) is 39.0 Å². The minimum Gasteiger partial charge on any atom is -0.493 e. The van der Waals surface area contributed by atoms with Crippen molar-refractivity contribution in [1.82, 2.24) is 10.2 Å². The standard InChI is InChI=1S/C38H40Cl2N2O7/c1-24-19-26(9-13-29(24)39)11-16-35(44)42(18-17-27-10-14-32-34(21-27)49-23-48-32)22-31(43)30(20-25-7-5-4-6-8-25)41-38(45)28-12-15-33(46-2)37(47-3)36(28)40/h4-10,12-15,19,21,30-31,43H,11,16-18,20,22-23H2,1-3H3,(H,41,45). The van der Waals surface area contributed by atoms with Crippen LogP contribution < -0.4 is 24.3 Å². The van der Waals surface area contributed by atoms with Crippen molar-refractivity contribution in [3.8, 4) is 23.0 Å². The van der Waals surface area contributed by atoms with Gasteiger partial charge in [-0.2, -0.15) is 0 Å². The number of benzene rings is 4. The van der Waals surface area contributed by atoms with Crippen LogP contribution in [0.3, 0.4) is 0 Å². The molecule has 2 N–H and O–H groups in total. The second kappa shape index (κ2) is 16.8. The molecule has 0 bridgehead atoms. The Bertz CT molecular complexity index is 1770. The van der Waals surface area contributed by atoms with Crippen molar-refractivity contribution < 1.29 is 33.6 Å². The van der Waals surface area contributed by atoms with E-state index < -0.39 is 18.1 Å². The second-order valence-electron chi connectivity index (χ2n) is 11.9. The van der Waals surface area contributed by atoms with E-state index in [1.165, 1.54) is 14.2 Å². The van der Waals surface area contributed by atoms with Crippen LogP contribution in [0.5, 0.6) is 23.0 Å². The first-order valence-electron chi connectivity index (χ1n) is 16.0. The molecule has 0 aromatic heterocycles. The average Bonchev–Trinajstić information content (AvgIpc) is 3.58. The lowest BCUT2D eigenvalue weighted by molar-refractivity contribution is -0.132. The molecule has 11 heteroatoms. The van der Waals surface area contributed by atoms with E-state index in [1.54, 1.807) is 17.0 Å². The van der Waals surface area contributed by atoms with Gasteiger partial charge in [-0.05, 0) is 78.8 Å². The summed E-state index contributed by atoms with van der Waals surface area (Å²) < 4.78 is 21.7. The maximum Gasteiger partial charge on any atom is 0.253 e. The molecule has 2 amide bonds. The van der Waals surface area contributed by atoms with Crippen LogP contribution in [0.4, 0.5) is 0 Å². The zero-order valence-electron chi connectivity index (χ0n) is 27.7. The third kappa shape index (κ3) is 9.17. The van der Waals surface area contributed by atoms with Crippen molar-refractivity contribution in [2.75, 3.05) is 34.1 Å². The Balaban J connectivity index is 1.37. The average molecular weight is 708 g/mol. The minimum atomic E-state index is -1.12. The molecule has 0 fully saturated rings. The highest BCUT2D eigenvalue weighted by Crippen LogP contribution is 2.37. The van der Waals surface area contributed by atoms with E-state index in [-0.39, 0.29) is 42.0 Å². The number of methoxy groups -OCH3 is 2. The van der Waals surface area contributed by atoms with Gasteiger partial charge in [-0.1, -0.05) is 71.7 Å². The number of carbonyl (C=O) groups is 2. The number of hydrogen-bond acceptors (Lipinski definition) is 7. The first kappa shape index (κ1) is 35.9. The Labute approximate surface area is 296 Å². The van der Waals surface area contributed by atoms with Crippen LogP contribution >= 0.6 is 23.2 Å². The first-order chi connectivity index (χ1) is 23.7. The first-order valence-corrected chi connectivity index (χ1v) is 16.8. The molecule has 1 aliphatic rings. The number of nitrogens with one attached hydrogen (secondary N) is 1. The second-order valence-corrected chi connectivity index (χ2v) is 12.6. The molecule has 2 unspecified atom stereocenters. The fourth-order valence-electron chi connectivity index (χ4n) is 5.77. The van der Waals surface area contributed by atoms with Crippen LogP contribution in [0.25, 0.3) is 0 Å². The molecule has 9 nitrogen and oxygen atoms in total. The van der Waals surface area contributed by atoms with Gasteiger partial charge in [0.05, 0.1) is 37.0 Å². The van der Waals surface area contributed by atoms with Crippen molar-refractivity contribution >= 4 is 35.0 Å². The van der Waals surface area contributed by atoms with Gasteiger partial charge in [0.1, 0.15) is 0 Å². The van der Waals surface area contributed by atoms with Crippen LogP contribution in [0.15, 0.2) is 78.9 Å². The zero-order chi connectivity index (χ0) is 34.9. The maximum atomic E-state index is 13.8. The molecular weight excluding hydrogens is 667 g/mol. The molecule has 0 saturated heterocycles. The summed E-state index contributed by atoms with van der Waals surface area (Å²) in [7, 11) is 2.92. The molecule has 0 spiro atoms. The van der Waals surface area contributed by atoms with E-state index in [4.69, 9.17) is 42.1 Å². The van der Waals surface area contributed by atoms with Gasteiger partial charge in [-0.25, -0.2) is 0 Å². The molecule has 49 heavy (non-hydrogen) atoms. The van der Waals surface area contributed by atoms with E-state index >= 15 is 0 Å². The lowest BCUT2D eigenvalue weighted by atomic mass is 9.99. The Kier molecular flexibility index (Phi) is 12.3. The summed E-state index contributed by atoms with van der Waals surface area (Å²) in [5.74, 6) is 1.33. The Hall–Kier alpha value is -4.44. The molecule has 1 aliphatic heterocycles. The van der Waals surface area contributed by atoms with Crippen molar-refractivity contribution in [3.63, 3.8) is 0 Å². The number of halogens is 2. The fourth-order valence-corrected chi connectivity index (χ4v) is 6.20. The molecule has 0 saturated carbocycles. The summed E-state index contributed by atoms with van der Waals surface area (Å²) in [6, 6.07) is 23.3. The fraction of sp³-hybridized carbons (Fsp3) is 0.316. The summed E-state index contributed by atoms with van der Waals surface area (Å²) in [6.45, 7) is 2.42. The Morgan fingerprint density at radius 3 is 2.37 bits per heavy atom. The number of fused-ring (bicyclic) bond motifs is 1. The number of aliphatic hydroxyl groups is 1. The predicted molar refractivity (Wildman–Crippen MR) is 189 cm³/mol. The molecule has 4 aromatic rings. The highest BCUT2D eigenvalue weighted by molar-refractivity contribution is 6.35. The van der Waals surface area contributed by atoms with Crippen molar-refractivity contribution in [3.05, 3.63) is 117 Å². The molecule has 2 atom stereocenters. The molecule has 4 aromatic carbocycles. The van der Waals surface area contributed by atoms with E-state index in [1.807, 2.05) is 73.7 Å². The molecular formula is C38H40Cl2N2O7. The van der Waals surface area contributed by atoms with Crippen molar-refractivity contribution in [2.45, 2.75) is 44.8 Å². The van der Waals surface area contributed by atoms with Gasteiger partial charge in [-0.15, -0.1) is 0 Å². The quantitative estimate of drug-likeness (QED) is 0.146. The third-order valence-corrected chi connectivity index (χ3v) is 9.33. The number of nitrogens with zero attached hydrogens (tertiary/aromatic N) is 1. The highest BCUT2D eigenvalue weighted by Gasteiger charge is 2.28. The molecule has 0 aliphatic carbocycles. The van der Waals surface area contributed by atoms with Gasteiger partial charge in [0.15, 0.2) is 23.0 Å². The monoisotopic (exact) mass is 706 g/mol. The molecule has 258 valence electrons. The lowest BCUT2D eigenvalue weighted by Gasteiger charge is -2.31. The zero-order valence-corrected chi connectivity index (χ0v) is 29.2. The number of amides is 2. The normalized spacial score (nSPS) is 13.0. The summed E-state index contributed by atoms with van der Waals surface area (Å²) in [6.07, 6.45) is 0.446. The summed E-state index contributed by atoms with van der Waals surface area (Å²) in [5.41, 5.74) is 3.96. The van der Waals surface area contributed by atoms with E-state index in [0.29, 0.717) is 48.1 Å². The topological polar surface area (TPSA) is 107 Å². The number of aliphatic hydroxyl groups excluding tert-OH is 1. The summed E-state index contributed by atoms with van der Waals surface area (Å²) >= 11 is 12.8. The predicted octanol–water partition coefficient (Wildman–Crippen LogP) is 6.45. The molecule has 1 heterocycles. The van der Waals surface area contributed by atoms with Gasteiger partial charge in [0.25, 0.3) is 5.91 Å². The molecule has 0 radical (unpaired) electrons. The van der Waals surface area contributed by atoms with Gasteiger partial charge >= 0.3 is 0 Å². The number of carbonyl (C=O) groups excluding carboxylic acids is 2. The van der Waals surface area contributed by atoms with Gasteiger partial charge in [0.2, 0.25) is 12.7 Å². The Morgan fingerprint density at radius 1 is 0.898 bits per heavy atom. The van der Waals surface area contributed by atoms with Crippen LogP contribution in [0.2, 0.25) is 10.0 Å². The maximum absolute atomic E-state index is 13.8. The highest BCUT2D eigenvalue weighted by atomic mass is 35.5. The number of ether oxygens (including phenoxy) is 4. The number of hydrogen-bond donors (Lipinski definition) is 2. The van der Waals surface area contributed by atoms with Crippen LogP contribution in [-0.4, -0.2) is 68.1 Å². The van der Waals surface area contributed by atoms with E-state index in [2.05, 4.69) is 5.32 Å². The van der Waals surface area contributed by atoms with Crippen molar-refractivity contribution in [1.29, 1.82) is 0 Å². The van der Waals surface area contributed by atoms with E-state index in [9.17, 15) is 14.7 Å². The number of aryl methyl sites for hydroxylation is 2. The van der Waals surface area contributed by atoms with Crippen LogP contribution in [-0.2, 0) is 24.1 Å². The largest absolute Gasteiger partial charge is 0.493 e. The minimum absolute atomic E-state index is 0.0134.